The first-order valence-corrected chi connectivity index (χ1v) is 9.94. The molecule has 4 amide bonds. The number of hydrogen-bond acceptors (Lipinski definition) is 5. The number of nitrogens with zero attached hydrogens (tertiary/aromatic N) is 1. The van der Waals surface area contributed by atoms with Crippen LogP contribution < -0.4 is 15.0 Å². The number of carboxylic acids is 1. The van der Waals surface area contributed by atoms with Crippen LogP contribution in [0.3, 0.4) is 0 Å². The summed E-state index contributed by atoms with van der Waals surface area (Å²) in [6.45, 7) is 0.403. The number of anilines is 1. The van der Waals surface area contributed by atoms with Crippen molar-refractivity contribution in [2.45, 2.75) is 6.61 Å². The van der Waals surface area contributed by atoms with Crippen LogP contribution in [0, 0.1) is 0 Å². The molecule has 0 aromatic heterocycles. The quantitative estimate of drug-likeness (QED) is 0.445. The molecule has 1 saturated heterocycles. The van der Waals surface area contributed by atoms with E-state index in [4.69, 9.17) is 9.84 Å². The average Bonchev–Trinajstić information content (AvgIpc) is 2.82. The number of benzene rings is 3. The van der Waals surface area contributed by atoms with Crippen LogP contribution in [0.1, 0.15) is 21.5 Å². The van der Waals surface area contributed by atoms with Gasteiger partial charge in [-0.3, -0.25) is 14.9 Å². The summed E-state index contributed by atoms with van der Waals surface area (Å²) in [7, 11) is 0. The number of carboxylic acid groups (broad SMARTS) is 1. The maximum Gasteiger partial charge on any atom is 0.335 e. The van der Waals surface area contributed by atoms with Crippen molar-refractivity contribution in [2.75, 3.05) is 4.90 Å². The summed E-state index contributed by atoms with van der Waals surface area (Å²) in [5.74, 6) is -2.14. The van der Waals surface area contributed by atoms with Crippen LogP contribution in [-0.2, 0) is 16.2 Å². The topological polar surface area (TPSA) is 113 Å². The number of carbonyl (C=O) groups is 4. The lowest BCUT2D eigenvalue weighted by Crippen LogP contribution is -2.54. The lowest BCUT2D eigenvalue weighted by molar-refractivity contribution is -0.122. The molecular formula is C25H18N2O6. The smallest absolute Gasteiger partial charge is 0.335 e. The Kier molecular flexibility index (Phi) is 5.99. The van der Waals surface area contributed by atoms with Crippen LogP contribution in [-0.4, -0.2) is 28.9 Å². The van der Waals surface area contributed by atoms with E-state index in [2.05, 4.69) is 5.32 Å². The van der Waals surface area contributed by atoms with Gasteiger partial charge >= 0.3 is 12.0 Å². The minimum absolute atomic E-state index is 0.00466. The fourth-order valence-electron chi connectivity index (χ4n) is 3.21. The summed E-state index contributed by atoms with van der Waals surface area (Å²) >= 11 is 0. The van der Waals surface area contributed by atoms with Crippen molar-refractivity contribution in [3.63, 3.8) is 0 Å². The summed E-state index contributed by atoms with van der Waals surface area (Å²) in [4.78, 5) is 49.3. The highest BCUT2D eigenvalue weighted by Gasteiger charge is 2.36. The number of hydrogen-bond donors (Lipinski definition) is 2. The molecule has 1 fully saturated rings. The zero-order valence-electron chi connectivity index (χ0n) is 17.2. The highest BCUT2D eigenvalue weighted by Crippen LogP contribution is 2.23. The molecule has 0 radical (unpaired) electrons. The minimum atomic E-state index is -1.14. The van der Waals surface area contributed by atoms with Crippen LogP contribution in [0.25, 0.3) is 6.08 Å². The van der Waals surface area contributed by atoms with E-state index in [-0.39, 0.29) is 16.8 Å². The van der Waals surface area contributed by atoms with Crippen LogP contribution in [0.15, 0.2) is 84.4 Å². The van der Waals surface area contributed by atoms with Gasteiger partial charge in [-0.25, -0.2) is 14.5 Å². The highest BCUT2D eigenvalue weighted by atomic mass is 16.5. The summed E-state index contributed by atoms with van der Waals surface area (Å²) in [5, 5.41) is 11.2. The third kappa shape index (κ3) is 4.80. The molecule has 1 heterocycles. The van der Waals surface area contributed by atoms with Gasteiger partial charge in [0.2, 0.25) is 0 Å². The zero-order valence-corrected chi connectivity index (χ0v) is 17.2. The molecule has 1 aliphatic heterocycles. The molecule has 2 N–H and O–H groups in total. The van der Waals surface area contributed by atoms with E-state index in [1.165, 1.54) is 30.3 Å². The van der Waals surface area contributed by atoms with Gasteiger partial charge in [-0.15, -0.1) is 0 Å². The lowest BCUT2D eigenvalue weighted by Gasteiger charge is -2.26. The van der Waals surface area contributed by atoms with Gasteiger partial charge in [0.05, 0.1) is 11.3 Å². The van der Waals surface area contributed by atoms with Crippen molar-refractivity contribution in [3.05, 3.63) is 101 Å². The molecule has 0 aliphatic carbocycles. The van der Waals surface area contributed by atoms with Gasteiger partial charge in [-0.05, 0) is 53.6 Å². The standard InChI is InChI=1S/C25H18N2O6/c28-22-21(14-16-6-12-20(13-7-16)33-15-17-4-2-1-3-5-17)23(29)27(25(32)26-22)19-10-8-18(9-11-19)24(30)31/h1-14H,15H2,(H,30,31)(H,26,28,32)/b21-14+. The molecule has 0 unspecified atom stereocenters. The Morgan fingerprint density at radius 2 is 1.58 bits per heavy atom. The molecule has 8 nitrogen and oxygen atoms in total. The highest BCUT2D eigenvalue weighted by molar-refractivity contribution is 6.39. The minimum Gasteiger partial charge on any atom is -0.489 e. The first-order chi connectivity index (χ1) is 15.9. The Bertz CT molecular complexity index is 1250. The number of rotatable bonds is 6. The molecule has 1 aliphatic rings. The lowest BCUT2D eigenvalue weighted by atomic mass is 10.1. The van der Waals surface area contributed by atoms with Crippen molar-refractivity contribution in [3.8, 4) is 5.75 Å². The molecule has 3 aromatic rings. The number of nitrogens with one attached hydrogen (secondary N) is 1. The number of aromatic carboxylic acids is 1. The normalized spacial score (nSPS) is 14.8. The maximum absolute atomic E-state index is 12.9. The second-order valence-corrected chi connectivity index (χ2v) is 7.15. The van der Waals surface area contributed by atoms with Gasteiger partial charge in [0.25, 0.3) is 11.8 Å². The van der Waals surface area contributed by atoms with Crippen molar-refractivity contribution < 1.29 is 29.0 Å². The number of barbiturate groups is 1. The zero-order chi connectivity index (χ0) is 23.4. The first-order valence-electron chi connectivity index (χ1n) is 9.94. The predicted octanol–water partition coefficient (Wildman–Crippen LogP) is 3.63. The van der Waals surface area contributed by atoms with Crippen LogP contribution in [0.5, 0.6) is 5.75 Å². The summed E-state index contributed by atoms with van der Waals surface area (Å²) in [6.07, 6.45) is 1.38. The van der Waals surface area contributed by atoms with Crippen molar-refractivity contribution in [1.82, 2.24) is 5.32 Å². The monoisotopic (exact) mass is 442 g/mol. The molecule has 164 valence electrons. The first kappa shape index (κ1) is 21.5. The maximum atomic E-state index is 12.9. The van der Waals surface area contributed by atoms with E-state index < -0.39 is 23.8 Å². The number of imide groups is 2. The van der Waals surface area contributed by atoms with E-state index in [1.54, 1.807) is 24.3 Å². The second-order valence-electron chi connectivity index (χ2n) is 7.15. The molecule has 4 rings (SSSR count). The Balaban J connectivity index is 1.52. The van der Waals surface area contributed by atoms with Gasteiger partial charge in [0, 0.05) is 0 Å². The van der Waals surface area contributed by atoms with E-state index in [1.807, 2.05) is 30.3 Å². The Morgan fingerprint density at radius 3 is 2.21 bits per heavy atom. The molecule has 3 aromatic carbocycles. The van der Waals surface area contributed by atoms with E-state index in [0.29, 0.717) is 17.9 Å². The van der Waals surface area contributed by atoms with Crippen molar-refractivity contribution in [1.29, 1.82) is 0 Å². The summed E-state index contributed by atoms with van der Waals surface area (Å²) in [6, 6.07) is 20.8. The Morgan fingerprint density at radius 1 is 0.909 bits per heavy atom. The van der Waals surface area contributed by atoms with Gasteiger partial charge in [-0.1, -0.05) is 42.5 Å². The SMILES string of the molecule is O=C1NC(=O)N(c2ccc(C(=O)O)cc2)C(=O)/C1=C/c1ccc(OCc2ccccc2)cc1. The summed E-state index contributed by atoms with van der Waals surface area (Å²) in [5.41, 5.74) is 1.51. The van der Waals surface area contributed by atoms with E-state index in [9.17, 15) is 19.2 Å². The van der Waals surface area contributed by atoms with E-state index >= 15 is 0 Å². The molecule has 33 heavy (non-hydrogen) atoms. The van der Waals surface area contributed by atoms with Crippen LogP contribution in [0.4, 0.5) is 10.5 Å². The molecule has 0 saturated carbocycles. The predicted molar refractivity (Wildman–Crippen MR) is 120 cm³/mol. The number of carbonyl (C=O) groups excluding carboxylic acids is 3. The Hall–Kier alpha value is -4.72. The third-order valence-corrected chi connectivity index (χ3v) is 4.91. The van der Waals surface area contributed by atoms with Gasteiger partial charge in [0.1, 0.15) is 17.9 Å². The second kappa shape index (κ2) is 9.19. The van der Waals surface area contributed by atoms with Gasteiger partial charge in [0.15, 0.2) is 0 Å². The fraction of sp³-hybridized carbons (Fsp3) is 0.0400. The average molecular weight is 442 g/mol. The van der Waals surface area contributed by atoms with Crippen LogP contribution >= 0.6 is 0 Å². The van der Waals surface area contributed by atoms with Crippen molar-refractivity contribution in [2.24, 2.45) is 0 Å². The number of urea groups is 1. The molecule has 8 heteroatoms. The van der Waals surface area contributed by atoms with Crippen molar-refractivity contribution >= 4 is 35.6 Å². The molecule has 0 atom stereocenters. The third-order valence-electron chi connectivity index (χ3n) is 4.91. The summed E-state index contributed by atoms with van der Waals surface area (Å²) < 4.78 is 5.73. The van der Waals surface area contributed by atoms with E-state index in [0.717, 1.165) is 10.5 Å². The fourth-order valence-corrected chi connectivity index (χ4v) is 3.21. The van der Waals surface area contributed by atoms with Gasteiger partial charge < -0.3 is 9.84 Å². The van der Waals surface area contributed by atoms with Gasteiger partial charge in [-0.2, -0.15) is 0 Å². The molecule has 0 bridgehead atoms. The number of ether oxygens (including phenoxy) is 1. The number of amides is 4. The largest absolute Gasteiger partial charge is 0.489 e. The Labute approximate surface area is 188 Å². The molecule has 0 spiro atoms. The molecular weight excluding hydrogens is 424 g/mol. The van der Waals surface area contributed by atoms with Crippen LogP contribution in [0.2, 0.25) is 0 Å².